The Hall–Kier alpha value is -0.380. The number of nitrogens with zero attached hydrogens (tertiary/aromatic N) is 1. The van der Waals surface area contributed by atoms with Gasteiger partial charge in [-0.2, -0.15) is 0 Å². The summed E-state index contributed by atoms with van der Waals surface area (Å²) in [5.41, 5.74) is 0. The number of hydrogen-bond donors (Lipinski definition) is 0. The van der Waals surface area contributed by atoms with Crippen LogP contribution in [-0.2, 0) is 4.79 Å². The first-order valence-electron chi connectivity index (χ1n) is 5.77. The molecule has 0 aromatic rings. The van der Waals surface area contributed by atoms with E-state index in [0.717, 1.165) is 19.3 Å². The van der Waals surface area contributed by atoms with Crippen molar-refractivity contribution in [3.63, 3.8) is 0 Å². The van der Waals surface area contributed by atoms with Crippen LogP contribution in [0.2, 0.25) is 0 Å². The first-order chi connectivity index (χ1) is 7.54. The molecule has 0 radical (unpaired) electrons. The Kier molecular flexibility index (Phi) is 3.38. The van der Waals surface area contributed by atoms with Crippen LogP contribution in [0.3, 0.4) is 0 Å². The minimum Gasteiger partial charge on any atom is -0.342 e. The van der Waals surface area contributed by atoms with Gasteiger partial charge in [0.05, 0.1) is 0 Å². The second kappa shape index (κ2) is 4.47. The van der Waals surface area contributed by atoms with Gasteiger partial charge in [0.2, 0.25) is 5.91 Å². The number of rotatable bonds is 3. The van der Waals surface area contributed by atoms with E-state index in [0.29, 0.717) is 24.9 Å². The van der Waals surface area contributed by atoms with Crippen LogP contribution in [0.4, 0.5) is 8.78 Å². The predicted octanol–water partition coefficient (Wildman–Crippen LogP) is 2.51. The van der Waals surface area contributed by atoms with Crippen molar-refractivity contribution in [2.24, 2.45) is 11.8 Å². The summed E-state index contributed by atoms with van der Waals surface area (Å²) in [5, 5.41) is 0. The largest absolute Gasteiger partial charge is 0.342 e. The monoisotopic (exact) mass is 251 g/mol. The maximum Gasteiger partial charge on any atom is 0.260 e. The van der Waals surface area contributed by atoms with E-state index in [4.69, 9.17) is 11.6 Å². The van der Waals surface area contributed by atoms with Gasteiger partial charge in [-0.05, 0) is 25.2 Å². The second-order valence-corrected chi connectivity index (χ2v) is 5.14. The van der Waals surface area contributed by atoms with Gasteiger partial charge >= 0.3 is 0 Å². The quantitative estimate of drug-likeness (QED) is 0.706. The Bertz CT molecular complexity index is 277. The number of hydrogen-bond acceptors (Lipinski definition) is 1. The first-order valence-corrected chi connectivity index (χ1v) is 6.30. The fourth-order valence-corrected chi connectivity index (χ4v) is 2.61. The van der Waals surface area contributed by atoms with Crippen LogP contribution in [0.1, 0.15) is 25.7 Å². The number of alkyl halides is 3. The van der Waals surface area contributed by atoms with Gasteiger partial charge in [0.1, 0.15) is 5.92 Å². The van der Waals surface area contributed by atoms with Crippen molar-refractivity contribution in [1.82, 2.24) is 4.90 Å². The summed E-state index contributed by atoms with van der Waals surface area (Å²) >= 11 is 5.65. The molecule has 1 aliphatic heterocycles. The van der Waals surface area contributed by atoms with Crippen molar-refractivity contribution in [2.75, 3.05) is 19.0 Å². The molecule has 2 fully saturated rings. The molecule has 2 aliphatic rings. The minimum atomic E-state index is -2.73. The van der Waals surface area contributed by atoms with Crippen molar-refractivity contribution in [1.29, 1.82) is 0 Å². The standard InChI is InChI=1S/C11H16ClF2NO/c12-4-1-8-2-5-15(6-3-8)10(16)9-7-11(9,13)14/h8-9H,1-7H2. The highest BCUT2D eigenvalue weighted by molar-refractivity contribution is 6.17. The summed E-state index contributed by atoms with van der Waals surface area (Å²) in [6, 6.07) is 0. The Morgan fingerprint density at radius 2 is 1.94 bits per heavy atom. The molecule has 0 N–H and O–H groups in total. The molecule has 1 atom stereocenters. The molecule has 0 bridgehead atoms. The molecule has 2 rings (SSSR count). The lowest BCUT2D eigenvalue weighted by molar-refractivity contribution is -0.136. The number of amides is 1. The van der Waals surface area contributed by atoms with Crippen molar-refractivity contribution in [2.45, 2.75) is 31.6 Å². The molecular weight excluding hydrogens is 236 g/mol. The van der Waals surface area contributed by atoms with Crippen molar-refractivity contribution in [3.05, 3.63) is 0 Å². The van der Waals surface area contributed by atoms with E-state index in [-0.39, 0.29) is 12.3 Å². The van der Waals surface area contributed by atoms with Gasteiger partial charge in [-0.25, -0.2) is 8.78 Å². The van der Waals surface area contributed by atoms with Crippen LogP contribution in [0, 0.1) is 11.8 Å². The van der Waals surface area contributed by atoms with E-state index in [1.165, 1.54) is 0 Å². The molecule has 2 nitrogen and oxygen atoms in total. The lowest BCUT2D eigenvalue weighted by atomic mass is 9.94. The fraction of sp³-hybridized carbons (Fsp3) is 0.909. The molecule has 0 aromatic heterocycles. The fourth-order valence-electron chi connectivity index (χ4n) is 2.30. The van der Waals surface area contributed by atoms with Crippen LogP contribution >= 0.6 is 11.6 Å². The smallest absolute Gasteiger partial charge is 0.260 e. The van der Waals surface area contributed by atoms with E-state index in [1.807, 2.05) is 0 Å². The van der Waals surface area contributed by atoms with Gasteiger partial charge in [0.25, 0.3) is 5.92 Å². The van der Waals surface area contributed by atoms with Crippen molar-refractivity contribution < 1.29 is 13.6 Å². The predicted molar refractivity (Wildman–Crippen MR) is 57.7 cm³/mol. The average molecular weight is 252 g/mol. The SMILES string of the molecule is O=C(C1CC1(F)F)N1CCC(CCCl)CC1. The minimum absolute atomic E-state index is 0.257. The van der Waals surface area contributed by atoms with Crippen molar-refractivity contribution >= 4 is 17.5 Å². The highest BCUT2D eigenvalue weighted by Crippen LogP contribution is 2.49. The van der Waals surface area contributed by atoms with Crippen LogP contribution in [0.5, 0.6) is 0 Å². The number of piperidine rings is 1. The Balaban J connectivity index is 1.79. The molecule has 16 heavy (non-hydrogen) atoms. The van der Waals surface area contributed by atoms with Gasteiger partial charge < -0.3 is 4.90 Å². The summed E-state index contributed by atoms with van der Waals surface area (Å²) in [5.74, 6) is -2.92. The molecule has 1 saturated heterocycles. The van der Waals surface area contributed by atoms with Gasteiger partial charge in [-0.1, -0.05) is 0 Å². The molecule has 92 valence electrons. The molecule has 1 amide bonds. The third-order valence-electron chi connectivity index (χ3n) is 3.57. The van der Waals surface area contributed by atoms with Crippen molar-refractivity contribution in [3.8, 4) is 0 Å². The summed E-state index contributed by atoms with van der Waals surface area (Å²) in [7, 11) is 0. The van der Waals surface area contributed by atoms with E-state index in [1.54, 1.807) is 4.90 Å². The van der Waals surface area contributed by atoms with Gasteiger partial charge in [-0.3, -0.25) is 4.79 Å². The first kappa shape index (κ1) is 12.1. The maximum atomic E-state index is 12.7. The summed E-state index contributed by atoms with van der Waals surface area (Å²) in [4.78, 5) is 13.3. The molecule has 1 saturated carbocycles. The summed E-state index contributed by atoms with van der Waals surface area (Å²) in [6.07, 6.45) is 2.50. The lowest BCUT2D eigenvalue weighted by Gasteiger charge is -2.31. The molecule has 1 heterocycles. The third kappa shape index (κ3) is 2.47. The van der Waals surface area contributed by atoms with E-state index in [9.17, 15) is 13.6 Å². The number of likely N-dealkylation sites (tertiary alicyclic amines) is 1. The average Bonchev–Trinajstić information content (AvgIpc) is 2.88. The van der Waals surface area contributed by atoms with Crippen LogP contribution in [0.15, 0.2) is 0 Å². The third-order valence-corrected chi connectivity index (χ3v) is 3.79. The summed E-state index contributed by atoms with van der Waals surface area (Å²) in [6.45, 7) is 1.24. The normalized spacial score (nSPS) is 29.2. The second-order valence-electron chi connectivity index (χ2n) is 4.76. The number of halogens is 3. The Morgan fingerprint density at radius 3 is 2.38 bits per heavy atom. The van der Waals surface area contributed by atoms with E-state index in [2.05, 4.69) is 0 Å². The van der Waals surface area contributed by atoms with Crippen LogP contribution in [0.25, 0.3) is 0 Å². The topological polar surface area (TPSA) is 20.3 Å². The number of carbonyl (C=O) groups excluding carboxylic acids is 1. The molecular formula is C11H16ClF2NO. The highest BCUT2D eigenvalue weighted by Gasteiger charge is 2.62. The van der Waals surface area contributed by atoms with Gasteiger partial charge in [0.15, 0.2) is 0 Å². The zero-order chi connectivity index (χ0) is 11.8. The maximum absolute atomic E-state index is 12.7. The van der Waals surface area contributed by atoms with Crippen LogP contribution in [-0.4, -0.2) is 35.7 Å². The van der Waals surface area contributed by atoms with Gasteiger partial charge in [-0.15, -0.1) is 11.6 Å². The lowest BCUT2D eigenvalue weighted by Crippen LogP contribution is -2.40. The molecule has 0 spiro atoms. The zero-order valence-electron chi connectivity index (χ0n) is 9.09. The Labute approximate surface area is 98.9 Å². The zero-order valence-corrected chi connectivity index (χ0v) is 9.85. The molecule has 0 aromatic carbocycles. The van der Waals surface area contributed by atoms with Crippen LogP contribution < -0.4 is 0 Å². The molecule has 5 heteroatoms. The molecule has 1 unspecified atom stereocenters. The van der Waals surface area contributed by atoms with E-state index < -0.39 is 11.8 Å². The van der Waals surface area contributed by atoms with Gasteiger partial charge in [0, 0.05) is 25.4 Å². The number of carbonyl (C=O) groups is 1. The molecule has 1 aliphatic carbocycles. The highest BCUT2D eigenvalue weighted by atomic mass is 35.5. The summed E-state index contributed by atoms with van der Waals surface area (Å²) < 4.78 is 25.5. The Morgan fingerprint density at radius 1 is 1.38 bits per heavy atom. The van der Waals surface area contributed by atoms with E-state index >= 15 is 0 Å².